The van der Waals surface area contributed by atoms with Crippen LogP contribution >= 0.6 is 27.5 Å². The fourth-order valence-corrected chi connectivity index (χ4v) is 2.45. The maximum absolute atomic E-state index is 13.7. The van der Waals surface area contributed by atoms with Gasteiger partial charge in [0, 0.05) is 16.5 Å². The van der Waals surface area contributed by atoms with Crippen LogP contribution in [-0.4, -0.2) is 5.78 Å². The van der Waals surface area contributed by atoms with Crippen molar-refractivity contribution in [3.63, 3.8) is 0 Å². The Bertz CT molecular complexity index is 640. The van der Waals surface area contributed by atoms with Crippen molar-refractivity contribution >= 4 is 33.3 Å². The number of carbonyl (C=O) groups excluding carboxylic acids is 1. The normalized spacial score (nSPS) is 10.5. The van der Waals surface area contributed by atoms with Crippen molar-refractivity contribution in [3.05, 3.63) is 68.4 Å². The predicted molar refractivity (Wildman–Crippen MR) is 78.3 cm³/mol. The molecule has 0 N–H and O–H groups in total. The monoisotopic (exact) mass is 340 g/mol. The van der Waals surface area contributed by atoms with Crippen LogP contribution in [0.3, 0.4) is 0 Å². The molecule has 0 unspecified atom stereocenters. The molecule has 2 rings (SSSR count). The standard InChI is InChI=1S/C15H11BrClFO/c1-9-2-5-12(13(17)6-9)15(19)7-10-3-4-11(16)8-14(10)18/h2-6,8H,7H2,1H3. The molecule has 0 bridgehead atoms. The number of benzene rings is 2. The first kappa shape index (κ1) is 14.2. The van der Waals surface area contributed by atoms with Crippen LogP contribution in [0.1, 0.15) is 21.5 Å². The van der Waals surface area contributed by atoms with E-state index in [1.165, 1.54) is 6.07 Å². The molecule has 0 radical (unpaired) electrons. The van der Waals surface area contributed by atoms with E-state index in [2.05, 4.69) is 15.9 Å². The van der Waals surface area contributed by atoms with Crippen molar-refractivity contribution in [1.82, 2.24) is 0 Å². The summed E-state index contributed by atoms with van der Waals surface area (Å²) >= 11 is 9.21. The molecule has 0 aliphatic rings. The highest BCUT2D eigenvalue weighted by Gasteiger charge is 2.13. The van der Waals surface area contributed by atoms with Gasteiger partial charge >= 0.3 is 0 Å². The van der Waals surface area contributed by atoms with Gasteiger partial charge in [-0.15, -0.1) is 0 Å². The first-order chi connectivity index (χ1) is 8.97. The number of aryl methyl sites for hydroxylation is 1. The molecule has 1 nitrogen and oxygen atoms in total. The van der Waals surface area contributed by atoms with Gasteiger partial charge in [-0.25, -0.2) is 4.39 Å². The van der Waals surface area contributed by atoms with Crippen molar-refractivity contribution in [1.29, 1.82) is 0 Å². The Hall–Kier alpha value is -1.19. The molecule has 0 heterocycles. The summed E-state index contributed by atoms with van der Waals surface area (Å²) in [5, 5.41) is 0.405. The largest absolute Gasteiger partial charge is 0.294 e. The SMILES string of the molecule is Cc1ccc(C(=O)Cc2ccc(Br)cc2F)c(Cl)c1. The summed E-state index contributed by atoms with van der Waals surface area (Å²) < 4.78 is 14.3. The molecule has 2 aromatic carbocycles. The van der Waals surface area contributed by atoms with E-state index < -0.39 is 5.82 Å². The molecule has 0 amide bonds. The van der Waals surface area contributed by atoms with Crippen LogP contribution in [0.2, 0.25) is 5.02 Å². The lowest BCUT2D eigenvalue weighted by molar-refractivity contribution is 0.0992. The third-order valence-electron chi connectivity index (χ3n) is 2.79. The molecule has 0 saturated carbocycles. The summed E-state index contributed by atoms with van der Waals surface area (Å²) in [6.07, 6.45) is 0.00188. The van der Waals surface area contributed by atoms with E-state index in [4.69, 9.17) is 11.6 Å². The Labute approximate surface area is 124 Å². The minimum atomic E-state index is -0.397. The van der Waals surface area contributed by atoms with E-state index in [-0.39, 0.29) is 12.2 Å². The second kappa shape index (κ2) is 5.85. The Morgan fingerprint density at radius 1 is 1.26 bits per heavy atom. The van der Waals surface area contributed by atoms with Crippen molar-refractivity contribution in [3.8, 4) is 0 Å². The second-order valence-electron chi connectivity index (χ2n) is 4.32. The fraction of sp³-hybridized carbons (Fsp3) is 0.133. The number of carbonyl (C=O) groups is 1. The summed E-state index contributed by atoms with van der Waals surface area (Å²) in [6, 6.07) is 9.88. The molecule has 0 spiro atoms. The highest BCUT2D eigenvalue weighted by Crippen LogP contribution is 2.21. The number of hydrogen-bond acceptors (Lipinski definition) is 1. The quantitative estimate of drug-likeness (QED) is 0.720. The maximum atomic E-state index is 13.7. The van der Waals surface area contributed by atoms with Crippen molar-refractivity contribution in [2.24, 2.45) is 0 Å². The van der Waals surface area contributed by atoms with Crippen molar-refractivity contribution in [2.75, 3.05) is 0 Å². The minimum Gasteiger partial charge on any atom is -0.294 e. The summed E-state index contributed by atoms with van der Waals surface area (Å²) in [4.78, 5) is 12.1. The first-order valence-corrected chi connectivity index (χ1v) is 6.88. The van der Waals surface area contributed by atoms with Crippen LogP contribution in [0.15, 0.2) is 40.9 Å². The van der Waals surface area contributed by atoms with E-state index in [1.807, 2.05) is 13.0 Å². The molecule has 0 aliphatic carbocycles. The molecular weight excluding hydrogens is 331 g/mol. The number of Topliss-reactive ketones (excluding diaryl/α,β-unsaturated/α-hetero) is 1. The Kier molecular flexibility index (Phi) is 4.38. The van der Waals surface area contributed by atoms with Gasteiger partial charge in [0.1, 0.15) is 5.82 Å². The molecule has 0 fully saturated rings. The average molecular weight is 342 g/mol. The van der Waals surface area contributed by atoms with Gasteiger partial charge in [0.2, 0.25) is 0 Å². The summed E-state index contributed by atoms with van der Waals surface area (Å²) in [6.45, 7) is 1.90. The minimum absolute atomic E-state index is 0.00188. The van der Waals surface area contributed by atoms with Crippen LogP contribution in [0.25, 0.3) is 0 Å². The fourth-order valence-electron chi connectivity index (χ4n) is 1.78. The topological polar surface area (TPSA) is 17.1 Å². The predicted octanol–water partition coefficient (Wildman–Crippen LogP) is 4.98. The molecular formula is C15H11BrClFO. The molecule has 4 heteroatoms. The van der Waals surface area contributed by atoms with Gasteiger partial charge in [-0.05, 0) is 42.3 Å². The molecule has 19 heavy (non-hydrogen) atoms. The van der Waals surface area contributed by atoms with E-state index in [0.29, 0.717) is 20.6 Å². The van der Waals surface area contributed by atoms with E-state index in [0.717, 1.165) is 5.56 Å². The Balaban J connectivity index is 2.25. The van der Waals surface area contributed by atoms with Gasteiger partial charge in [0.15, 0.2) is 5.78 Å². The number of ketones is 1. The molecule has 0 atom stereocenters. The van der Waals surface area contributed by atoms with Crippen LogP contribution in [0, 0.1) is 12.7 Å². The van der Waals surface area contributed by atoms with E-state index >= 15 is 0 Å². The van der Waals surface area contributed by atoms with Crippen LogP contribution in [0.5, 0.6) is 0 Å². The number of hydrogen-bond donors (Lipinski definition) is 0. The Morgan fingerprint density at radius 3 is 2.63 bits per heavy atom. The van der Waals surface area contributed by atoms with E-state index in [1.54, 1.807) is 24.3 Å². The van der Waals surface area contributed by atoms with Gasteiger partial charge in [0.25, 0.3) is 0 Å². The number of rotatable bonds is 3. The zero-order valence-corrected chi connectivity index (χ0v) is 12.6. The zero-order chi connectivity index (χ0) is 14.0. The van der Waals surface area contributed by atoms with Gasteiger partial charge < -0.3 is 0 Å². The van der Waals surface area contributed by atoms with Crippen molar-refractivity contribution in [2.45, 2.75) is 13.3 Å². The third kappa shape index (κ3) is 3.43. The molecule has 0 aliphatic heterocycles. The van der Waals surface area contributed by atoms with Gasteiger partial charge in [-0.2, -0.15) is 0 Å². The summed E-state index contributed by atoms with van der Waals surface area (Å²) in [5.41, 5.74) is 1.77. The average Bonchev–Trinajstić information content (AvgIpc) is 2.32. The van der Waals surface area contributed by atoms with Gasteiger partial charge in [0.05, 0.1) is 5.02 Å². The number of halogens is 3. The van der Waals surface area contributed by atoms with Crippen molar-refractivity contribution < 1.29 is 9.18 Å². The van der Waals surface area contributed by atoms with Crippen LogP contribution in [0.4, 0.5) is 4.39 Å². The van der Waals surface area contributed by atoms with Gasteiger partial charge in [-0.3, -0.25) is 4.79 Å². The maximum Gasteiger partial charge on any atom is 0.168 e. The molecule has 98 valence electrons. The second-order valence-corrected chi connectivity index (χ2v) is 5.64. The van der Waals surface area contributed by atoms with Crippen LogP contribution < -0.4 is 0 Å². The highest BCUT2D eigenvalue weighted by atomic mass is 79.9. The third-order valence-corrected chi connectivity index (χ3v) is 3.60. The Morgan fingerprint density at radius 2 is 2.00 bits per heavy atom. The van der Waals surface area contributed by atoms with E-state index in [9.17, 15) is 9.18 Å². The molecule has 2 aromatic rings. The first-order valence-electron chi connectivity index (χ1n) is 5.70. The molecule has 0 aromatic heterocycles. The van der Waals surface area contributed by atoms with Gasteiger partial charge in [-0.1, -0.05) is 39.7 Å². The lowest BCUT2D eigenvalue weighted by Crippen LogP contribution is -2.06. The zero-order valence-electron chi connectivity index (χ0n) is 10.2. The van der Waals surface area contributed by atoms with Crippen LogP contribution in [-0.2, 0) is 6.42 Å². The lowest BCUT2D eigenvalue weighted by atomic mass is 10.0. The smallest absolute Gasteiger partial charge is 0.168 e. The summed E-state index contributed by atoms with van der Waals surface area (Å²) in [7, 11) is 0. The molecule has 0 saturated heterocycles. The summed E-state index contributed by atoms with van der Waals surface area (Å²) in [5.74, 6) is -0.586. The highest BCUT2D eigenvalue weighted by molar-refractivity contribution is 9.10. The lowest BCUT2D eigenvalue weighted by Gasteiger charge is -2.06.